The van der Waals surface area contributed by atoms with Crippen LogP contribution in [0.25, 0.3) is 0 Å². The molecular formula is C15H22N2OS. The molecule has 3 nitrogen and oxygen atoms in total. The van der Waals surface area contributed by atoms with Crippen molar-refractivity contribution in [3.05, 3.63) is 24.3 Å². The van der Waals surface area contributed by atoms with Crippen LogP contribution in [-0.4, -0.2) is 17.7 Å². The van der Waals surface area contributed by atoms with Crippen molar-refractivity contribution in [1.82, 2.24) is 0 Å². The van der Waals surface area contributed by atoms with Crippen LogP contribution in [-0.2, 0) is 4.79 Å². The van der Waals surface area contributed by atoms with Gasteiger partial charge in [-0.3, -0.25) is 4.79 Å². The molecule has 1 saturated carbocycles. The number of para-hydroxylation sites is 1. The minimum absolute atomic E-state index is 0.0292. The highest BCUT2D eigenvalue weighted by Gasteiger charge is 2.43. The molecule has 0 saturated heterocycles. The molecule has 1 aliphatic rings. The summed E-state index contributed by atoms with van der Waals surface area (Å²) in [5.41, 5.74) is 6.57. The van der Waals surface area contributed by atoms with E-state index in [1.165, 1.54) is 0 Å². The molecule has 4 heteroatoms. The van der Waals surface area contributed by atoms with Gasteiger partial charge < -0.3 is 11.1 Å². The Kier molecular flexibility index (Phi) is 4.53. The van der Waals surface area contributed by atoms with Gasteiger partial charge in [-0.25, -0.2) is 0 Å². The topological polar surface area (TPSA) is 55.1 Å². The van der Waals surface area contributed by atoms with Crippen molar-refractivity contribution in [2.75, 3.05) is 11.1 Å². The van der Waals surface area contributed by atoms with Crippen LogP contribution in [0.5, 0.6) is 0 Å². The van der Waals surface area contributed by atoms with Gasteiger partial charge in [0.2, 0.25) is 5.91 Å². The van der Waals surface area contributed by atoms with Crippen molar-refractivity contribution in [1.29, 1.82) is 0 Å². The molecule has 19 heavy (non-hydrogen) atoms. The van der Waals surface area contributed by atoms with E-state index < -0.39 is 5.41 Å². The SMILES string of the molecule is CCSc1ccccc1NC(=O)C1(C)CCCC1N. The monoisotopic (exact) mass is 278 g/mol. The van der Waals surface area contributed by atoms with Crippen LogP contribution >= 0.6 is 11.8 Å². The average Bonchev–Trinajstić information content (AvgIpc) is 2.74. The number of carbonyl (C=O) groups excluding carboxylic acids is 1. The van der Waals surface area contributed by atoms with E-state index >= 15 is 0 Å². The molecule has 0 bridgehead atoms. The fourth-order valence-electron chi connectivity index (χ4n) is 2.59. The molecule has 0 spiro atoms. The van der Waals surface area contributed by atoms with Crippen molar-refractivity contribution in [3.8, 4) is 0 Å². The van der Waals surface area contributed by atoms with Gasteiger partial charge in [0, 0.05) is 10.9 Å². The highest BCUT2D eigenvalue weighted by Crippen LogP contribution is 2.38. The van der Waals surface area contributed by atoms with E-state index in [2.05, 4.69) is 12.2 Å². The number of hydrogen-bond acceptors (Lipinski definition) is 3. The number of hydrogen-bond donors (Lipinski definition) is 2. The fourth-order valence-corrected chi connectivity index (χ4v) is 3.35. The minimum atomic E-state index is -0.427. The van der Waals surface area contributed by atoms with E-state index in [4.69, 9.17) is 5.73 Å². The molecule has 2 atom stereocenters. The van der Waals surface area contributed by atoms with Crippen LogP contribution in [0.4, 0.5) is 5.69 Å². The Balaban J connectivity index is 2.15. The number of nitrogens with two attached hydrogens (primary N) is 1. The summed E-state index contributed by atoms with van der Waals surface area (Å²) in [6.45, 7) is 4.09. The second-order valence-corrected chi connectivity index (χ2v) is 6.61. The second-order valence-electron chi connectivity index (χ2n) is 5.30. The van der Waals surface area contributed by atoms with Crippen molar-refractivity contribution >= 4 is 23.4 Å². The number of anilines is 1. The third kappa shape index (κ3) is 2.95. The Bertz CT molecular complexity index is 463. The number of amides is 1. The Morgan fingerprint density at radius 1 is 1.53 bits per heavy atom. The fraction of sp³-hybridized carbons (Fsp3) is 0.533. The van der Waals surface area contributed by atoms with Crippen LogP contribution in [0.15, 0.2) is 29.2 Å². The van der Waals surface area contributed by atoms with Crippen LogP contribution in [0.2, 0.25) is 0 Å². The first kappa shape index (κ1) is 14.4. The number of rotatable bonds is 4. The molecule has 0 radical (unpaired) electrons. The summed E-state index contributed by atoms with van der Waals surface area (Å²) < 4.78 is 0. The Morgan fingerprint density at radius 2 is 2.26 bits per heavy atom. The molecule has 1 aliphatic carbocycles. The van der Waals surface area contributed by atoms with Gasteiger partial charge in [-0.05, 0) is 37.7 Å². The predicted octanol–water partition coefficient (Wildman–Crippen LogP) is 3.25. The van der Waals surface area contributed by atoms with E-state index in [9.17, 15) is 4.79 Å². The lowest BCUT2D eigenvalue weighted by Crippen LogP contribution is -2.44. The third-order valence-electron chi connectivity index (χ3n) is 3.98. The maximum atomic E-state index is 12.5. The van der Waals surface area contributed by atoms with Gasteiger partial charge in [0.25, 0.3) is 0 Å². The number of carbonyl (C=O) groups is 1. The summed E-state index contributed by atoms with van der Waals surface area (Å²) in [5.74, 6) is 1.05. The summed E-state index contributed by atoms with van der Waals surface area (Å²) in [4.78, 5) is 13.6. The normalized spacial score (nSPS) is 26.4. The molecule has 0 aliphatic heterocycles. The smallest absolute Gasteiger partial charge is 0.231 e. The summed E-state index contributed by atoms with van der Waals surface area (Å²) in [6.07, 6.45) is 2.86. The molecular weight excluding hydrogens is 256 g/mol. The average molecular weight is 278 g/mol. The number of thioether (sulfide) groups is 1. The van der Waals surface area contributed by atoms with Crippen molar-refractivity contribution < 1.29 is 4.79 Å². The quantitative estimate of drug-likeness (QED) is 0.831. The van der Waals surface area contributed by atoms with Crippen LogP contribution in [0.3, 0.4) is 0 Å². The van der Waals surface area contributed by atoms with E-state index in [-0.39, 0.29) is 11.9 Å². The maximum Gasteiger partial charge on any atom is 0.231 e. The molecule has 1 amide bonds. The number of benzene rings is 1. The van der Waals surface area contributed by atoms with Gasteiger partial charge >= 0.3 is 0 Å². The Morgan fingerprint density at radius 3 is 2.89 bits per heavy atom. The first-order valence-corrected chi connectivity index (χ1v) is 7.85. The molecule has 1 aromatic rings. The van der Waals surface area contributed by atoms with Gasteiger partial charge in [-0.1, -0.05) is 25.5 Å². The summed E-state index contributed by atoms with van der Waals surface area (Å²) >= 11 is 1.74. The molecule has 0 aromatic heterocycles. The zero-order valence-corrected chi connectivity index (χ0v) is 12.4. The first-order valence-electron chi connectivity index (χ1n) is 6.87. The Labute approximate surface area is 119 Å². The lowest BCUT2D eigenvalue weighted by atomic mass is 9.84. The lowest BCUT2D eigenvalue weighted by molar-refractivity contribution is -0.125. The zero-order valence-electron chi connectivity index (χ0n) is 11.6. The van der Waals surface area contributed by atoms with Crippen molar-refractivity contribution in [2.24, 2.45) is 11.1 Å². The molecule has 104 valence electrons. The Hall–Kier alpha value is -1.00. The molecule has 1 fully saturated rings. The summed E-state index contributed by atoms with van der Waals surface area (Å²) in [6, 6.07) is 7.92. The van der Waals surface area contributed by atoms with Gasteiger partial charge in [0.05, 0.1) is 11.1 Å². The zero-order chi connectivity index (χ0) is 13.9. The van der Waals surface area contributed by atoms with Gasteiger partial charge in [0.1, 0.15) is 0 Å². The van der Waals surface area contributed by atoms with E-state index in [1.54, 1.807) is 11.8 Å². The minimum Gasteiger partial charge on any atom is -0.327 e. The third-order valence-corrected chi connectivity index (χ3v) is 4.94. The molecule has 2 rings (SSSR count). The summed E-state index contributed by atoms with van der Waals surface area (Å²) in [7, 11) is 0. The van der Waals surface area contributed by atoms with Gasteiger partial charge in [-0.2, -0.15) is 0 Å². The van der Waals surface area contributed by atoms with Crippen LogP contribution in [0.1, 0.15) is 33.1 Å². The molecule has 3 N–H and O–H groups in total. The van der Waals surface area contributed by atoms with E-state index in [1.807, 2.05) is 31.2 Å². The maximum absolute atomic E-state index is 12.5. The van der Waals surface area contributed by atoms with Gasteiger partial charge in [0.15, 0.2) is 0 Å². The predicted molar refractivity (Wildman–Crippen MR) is 81.4 cm³/mol. The number of nitrogens with one attached hydrogen (secondary N) is 1. The lowest BCUT2D eigenvalue weighted by Gasteiger charge is -2.28. The molecule has 2 unspecified atom stereocenters. The van der Waals surface area contributed by atoms with Crippen LogP contribution < -0.4 is 11.1 Å². The second kappa shape index (κ2) is 5.97. The standard InChI is InChI=1S/C15H22N2OS/c1-3-19-12-8-5-4-7-11(12)17-14(18)15(2)10-6-9-13(15)16/h4-5,7-8,13H,3,6,9-10,16H2,1-2H3,(H,17,18). The van der Waals surface area contributed by atoms with Gasteiger partial charge in [-0.15, -0.1) is 11.8 Å². The highest BCUT2D eigenvalue weighted by atomic mass is 32.2. The van der Waals surface area contributed by atoms with E-state index in [0.717, 1.165) is 35.6 Å². The first-order chi connectivity index (χ1) is 9.08. The van der Waals surface area contributed by atoms with E-state index in [0.29, 0.717) is 0 Å². The summed E-state index contributed by atoms with van der Waals surface area (Å²) in [5, 5.41) is 3.07. The van der Waals surface area contributed by atoms with Crippen molar-refractivity contribution in [3.63, 3.8) is 0 Å². The molecule has 0 heterocycles. The van der Waals surface area contributed by atoms with Crippen LogP contribution in [0, 0.1) is 5.41 Å². The largest absolute Gasteiger partial charge is 0.327 e. The highest BCUT2D eigenvalue weighted by molar-refractivity contribution is 7.99. The van der Waals surface area contributed by atoms with Crippen molar-refractivity contribution in [2.45, 2.75) is 44.0 Å². The molecule has 1 aromatic carbocycles.